The van der Waals surface area contributed by atoms with Gasteiger partial charge in [-0.25, -0.2) is 0 Å². The molecule has 0 aliphatic carbocycles. The van der Waals surface area contributed by atoms with E-state index in [4.69, 9.17) is 11.2 Å². The van der Waals surface area contributed by atoms with Crippen molar-refractivity contribution in [3.63, 3.8) is 0 Å². The first-order valence-corrected chi connectivity index (χ1v) is 9.87. The summed E-state index contributed by atoms with van der Waals surface area (Å²) >= 11 is 0. The molecule has 0 fully saturated rings. The molecule has 33 heavy (non-hydrogen) atoms. The van der Waals surface area contributed by atoms with Crippen molar-refractivity contribution in [1.29, 1.82) is 5.26 Å². The van der Waals surface area contributed by atoms with Gasteiger partial charge in [-0.1, -0.05) is 61.6 Å². The molecule has 2 aromatic rings. The highest BCUT2D eigenvalue weighted by atomic mass is 16.5. The van der Waals surface area contributed by atoms with E-state index in [1.807, 2.05) is 12.1 Å². The molecule has 0 unspecified atom stereocenters. The molecule has 0 aliphatic rings. The second kappa shape index (κ2) is 12.7. The van der Waals surface area contributed by atoms with Gasteiger partial charge in [-0.2, -0.15) is 5.26 Å². The van der Waals surface area contributed by atoms with E-state index in [-0.39, 0.29) is 12.4 Å². The van der Waals surface area contributed by atoms with Crippen LogP contribution in [0.25, 0.3) is 11.6 Å². The fourth-order valence-electron chi connectivity index (χ4n) is 2.67. The molecule has 0 aromatic heterocycles. The van der Waals surface area contributed by atoms with Crippen LogP contribution in [0.1, 0.15) is 11.1 Å². The molecule has 1 N–H and O–H groups in total. The molecule has 0 saturated carbocycles. The molecule has 0 spiro atoms. The van der Waals surface area contributed by atoms with Crippen molar-refractivity contribution in [2.24, 2.45) is 0 Å². The predicted octanol–water partition coefficient (Wildman–Crippen LogP) is 5.12. The third-order valence-corrected chi connectivity index (χ3v) is 4.29. The summed E-state index contributed by atoms with van der Waals surface area (Å²) in [5.41, 5.74) is 2.85. The van der Waals surface area contributed by atoms with Gasteiger partial charge in [0.1, 0.15) is 12.4 Å². The van der Waals surface area contributed by atoms with E-state index in [0.717, 1.165) is 11.6 Å². The molecule has 0 heterocycles. The SMILES string of the molecule is C#CCOc1ccc(/C=C(\C#N)c2ccc(NC(=O)/C=C/C(=O)/C(C=C)=C/C=C)cc2)cc1. The molecule has 2 rings (SSSR count). The van der Waals surface area contributed by atoms with Crippen molar-refractivity contribution in [3.05, 3.63) is 109 Å². The Bertz CT molecular complexity index is 1200. The van der Waals surface area contributed by atoms with Crippen LogP contribution in [-0.4, -0.2) is 18.3 Å². The first kappa shape index (κ1) is 24.4. The van der Waals surface area contributed by atoms with E-state index in [1.54, 1.807) is 42.5 Å². The van der Waals surface area contributed by atoms with E-state index < -0.39 is 5.91 Å². The van der Waals surface area contributed by atoms with Gasteiger partial charge in [0, 0.05) is 17.3 Å². The number of nitrogens with one attached hydrogen (secondary N) is 1. The molecule has 0 saturated heterocycles. The van der Waals surface area contributed by atoms with E-state index in [0.29, 0.717) is 28.1 Å². The molecule has 0 aliphatic heterocycles. The molecular formula is C28H22N2O3. The molecular weight excluding hydrogens is 412 g/mol. The number of ketones is 1. The average molecular weight is 434 g/mol. The second-order valence-electron chi connectivity index (χ2n) is 6.56. The zero-order valence-corrected chi connectivity index (χ0v) is 18.0. The minimum atomic E-state index is -0.457. The molecule has 0 atom stereocenters. The smallest absolute Gasteiger partial charge is 0.248 e. The average Bonchev–Trinajstić information content (AvgIpc) is 2.84. The largest absolute Gasteiger partial charge is 0.481 e. The zero-order chi connectivity index (χ0) is 24.1. The molecule has 0 bridgehead atoms. The number of hydrogen-bond donors (Lipinski definition) is 1. The van der Waals surface area contributed by atoms with E-state index >= 15 is 0 Å². The number of carbonyl (C=O) groups is 2. The molecule has 5 heteroatoms. The second-order valence-corrected chi connectivity index (χ2v) is 6.56. The van der Waals surface area contributed by atoms with Gasteiger partial charge in [0.25, 0.3) is 0 Å². The van der Waals surface area contributed by atoms with Gasteiger partial charge < -0.3 is 10.1 Å². The summed E-state index contributed by atoms with van der Waals surface area (Å²) in [5.74, 6) is 2.24. The van der Waals surface area contributed by atoms with Crippen LogP contribution in [0.5, 0.6) is 5.75 Å². The summed E-state index contributed by atoms with van der Waals surface area (Å²) in [7, 11) is 0. The molecule has 2 aromatic carbocycles. The van der Waals surface area contributed by atoms with Crippen molar-refractivity contribution < 1.29 is 14.3 Å². The molecule has 1 amide bonds. The summed E-state index contributed by atoms with van der Waals surface area (Å²) in [6.07, 6.45) is 13.6. The molecule has 0 radical (unpaired) electrons. The van der Waals surface area contributed by atoms with Gasteiger partial charge in [0.15, 0.2) is 5.78 Å². The Morgan fingerprint density at radius 2 is 1.76 bits per heavy atom. The highest BCUT2D eigenvalue weighted by molar-refractivity contribution is 6.10. The fourth-order valence-corrected chi connectivity index (χ4v) is 2.67. The Hall–Kier alpha value is -4.87. The van der Waals surface area contributed by atoms with Crippen LogP contribution in [-0.2, 0) is 9.59 Å². The number of rotatable bonds is 10. The van der Waals surface area contributed by atoms with Gasteiger partial charge >= 0.3 is 0 Å². The number of ether oxygens (including phenoxy) is 1. The van der Waals surface area contributed by atoms with Crippen molar-refractivity contribution in [1.82, 2.24) is 0 Å². The Labute approximate surface area is 193 Å². The van der Waals surface area contributed by atoms with Gasteiger partial charge in [-0.15, -0.1) is 6.42 Å². The lowest BCUT2D eigenvalue weighted by Crippen LogP contribution is -2.09. The van der Waals surface area contributed by atoms with Gasteiger partial charge in [-0.3, -0.25) is 9.59 Å². The van der Waals surface area contributed by atoms with Crippen LogP contribution in [0.2, 0.25) is 0 Å². The topological polar surface area (TPSA) is 79.2 Å². The molecule has 5 nitrogen and oxygen atoms in total. The van der Waals surface area contributed by atoms with Gasteiger partial charge in [-0.05, 0) is 47.5 Å². The summed E-state index contributed by atoms with van der Waals surface area (Å²) in [4.78, 5) is 24.1. The Balaban J connectivity index is 2.06. The number of allylic oxidation sites excluding steroid dienone is 6. The Morgan fingerprint density at radius 3 is 2.33 bits per heavy atom. The molecule has 162 valence electrons. The Kier molecular flexibility index (Phi) is 9.42. The lowest BCUT2D eigenvalue weighted by Gasteiger charge is -2.05. The summed E-state index contributed by atoms with van der Waals surface area (Å²) in [6.45, 7) is 7.27. The number of amides is 1. The number of carbonyl (C=O) groups excluding carboxylic acids is 2. The third-order valence-electron chi connectivity index (χ3n) is 4.29. The maximum Gasteiger partial charge on any atom is 0.248 e. The lowest BCUT2D eigenvalue weighted by atomic mass is 10.0. The van der Waals surface area contributed by atoms with Crippen molar-refractivity contribution >= 4 is 29.0 Å². The predicted molar refractivity (Wildman–Crippen MR) is 132 cm³/mol. The van der Waals surface area contributed by atoms with Crippen LogP contribution in [0.3, 0.4) is 0 Å². The third kappa shape index (κ3) is 7.71. The highest BCUT2D eigenvalue weighted by Gasteiger charge is 2.05. The number of anilines is 1. The number of nitrogens with zero attached hydrogens (tertiary/aromatic N) is 1. The van der Waals surface area contributed by atoms with Crippen molar-refractivity contribution in [2.75, 3.05) is 11.9 Å². The minimum Gasteiger partial charge on any atom is -0.481 e. The summed E-state index contributed by atoms with van der Waals surface area (Å²) in [6, 6.07) is 16.2. The van der Waals surface area contributed by atoms with Crippen LogP contribution in [0.15, 0.2) is 97.6 Å². The first-order chi connectivity index (χ1) is 16.0. The van der Waals surface area contributed by atoms with Crippen LogP contribution >= 0.6 is 0 Å². The summed E-state index contributed by atoms with van der Waals surface area (Å²) in [5, 5.41) is 12.2. The van der Waals surface area contributed by atoms with E-state index in [9.17, 15) is 14.9 Å². The number of benzene rings is 2. The first-order valence-electron chi connectivity index (χ1n) is 9.87. The van der Waals surface area contributed by atoms with Crippen LogP contribution in [0.4, 0.5) is 5.69 Å². The van der Waals surface area contributed by atoms with E-state index in [2.05, 4.69) is 30.5 Å². The monoisotopic (exact) mass is 434 g/mol. The number of hydrogen-bond acceptors (Lipinski definition) is 4. The fraction of sp³-hybridized carbons (Fsp3) is 0.0357. The van der Waals surface area contributed by atoms with Gasteiger partial charge in [0.2, 0.25) is 5.91 Å². The highest BCUT2D eigenvalue weighted by Crippen LogP contribution is 2.21. The van der Waals surface area contributed by atoms with Crippen molar-refractivity contribution in [3.8, 4) is 24.2 Å². The van der Waals surface area contributed by atoms with Gasteiger partial charge in [0.05, 0.1) is 11.6 Å². The summed E-state index contributed by atoms with van der Waals surface area (Å²) < 4.78 is 5.34. The number of nitriles is 1. The Morgan fingerprint density at radius 1 is 1.06 bits per heavy atom. The maximum atomic E-state index is 12.1. The van der Waals surface area contributed by atoms with E-state index in [1.165, 1.54) is 24.3 Å². The number of terminal acetylenes is 1. The van der Waals surface area contributed by atoms with Crippen molar-refractivity contribution in [2.45, 2.75) is 0 Å². The van der Waals surface area contributed by atoms with Crippen LogP contribution < -0.4 is 10.1 Å². The quantitative estimate of drug-likeness (QED) is 0.185. The zero-order valence-electron chi connectivity index (χ0n) is 18.0. The lowest BCUT2D eigenvalue weighted by molar-refractivity contribution is -0.113. The minimum absolute atomic E-state index is 0.190. The van der Waals surface area contributed by atoms with Crippen LogP contribution in [0, 0.1) is 23.7 Å². The standard InChI is InChI=1S/C28H22N2O3/c1-4-7-22(6-3)27(31)16-17-28(32)30-25-12-10-23(11-13-25)24(20-29)19-21-8-14-26(15-9-21)33-18-5-2/h2,4,6-17,19H,1,3,18H2,(H,30,32)/b17-16+,22-7+,24-19+. The maximum absolute atomic E-state index is 12.1. The normalized spacial score (nSPS) is 11.2.